The fraction of sp³-hybridized carbons (Fsp3) is 0.529. The van der Waals surface area contributed by atoms with Crippen molar-refractivity contribution in [2.75, 3.05) is 32.1 Å². The molecule has 0 radical (unpaired) electrons. The Balaban J connectivity index is 1.64. The van der Waals surface area contributed by atoms with Gasteiger partial charge in [-0.15, -0.1) is 5.10 Å². The molecule has 26 heavy (non-hydrogen) atoms. The van der Waals surface area contributed by atoms with E-state index in [-0.39, 0.29) is 11.7 Å². The first-order valence-electron chi connectivity index (χ1n) is 8.71. The number of hydrogen-bond acceptors (Lipinski definition) is 6. The van der Waals surface area contributed by atoms with E-state index in [2.05, 4.69) is 15.2 Å². The highest BCUT2D eigenvalue weighted by atomic mass is 32.2. The standard InChI is InChI=1S/C17H25N5O3S/c18-26(23,24)14-16(10-15-4-2-1-3-5-15)11-22-13-17(19-20-22)12-21-6-8-25-9-7-21/h1-5,13,16H,6-12,14H2,(H2,18,23,24)/t16-/m0/s1. The molecule has 1 aromatic heterocycles. The van der Waals surface area contributed by atoms with Gasteiger partial charge in [0.25, 0.3) is 0 Å². The van der Waals surface area contributed by atoms with E-state index in [1.54, 1.807) is 4.68 Å². The number of hydrogen-bond donors (Lipinski definition) is 1. The Morgan fingerprint density at radius 2 is 1.92 bits per heavy atom. The Labute approximate surface area is 154 Å². The fourth-order valence-electron chi connectivity index (χ4n) is 3.21. The molecular formula is C17H25N5O3S. The minimum absolute atomic E-state index is 0.0828. The minimum atomic E-state index is -3.56. The largest absolute Gasteiger partial charge is 0.379 e. The third-order valence-corrected chi connectivity index (χ3v) is 5.29. The molecule has 2 heterocycles. The molecule has 8 nitrogen and oxygen atoms in total. The summed E-state index contributed by atoms with van der Waals surface area (Å²) in [6.07, 6.45) is 2.51. The van der Waals surface area contributed by atoms with Gasteiger partial charge in [-0.05, 0) is 17.9 Å². The van der Waals surface area contributed by atoms with Gasteiger partial charge in [0.2, 0.25) is 10.0 Å². The SMILES string of the molecule is NS(=O)(=O)C[C@@H](Cc1ccccc1)Cn1cc(CN2CCOCC2)nn1. The first kappa shape index (κ1) is 19.0. The molecule has 2 N–H and O–H groups in total. The molecule has 1 aliphatic rings. The number of benzene rings is 1. The highest BCUT2D eigenvalue weighted by Gasteiger charge is 2.19. The van der Waals surface area contributed by atoms with E-state index >= 15 is 0 Å². The van der Waals surface area contributed by atoms with Crippen LogP contribution < -0.4 is 5.14 Å². The molecular weight excluding hydrogens is 354 g/mol. The van der Waals surface area contributed by atoms with Gasteiger partial charge in [0.15, 0.2) is 0 Å². The van der Waals surface area contributed by atoms with Crippen molar-refractivity contribution in [3.05, 3.63) is 47.8 Å². The van der Waals surface area contributed by atoms with Crippen LogP contribution in [0.15, 0.2) is 36.5 Å². The summed E-state index contributed by atoms with van der Waals surface area (Å²) >= 11 is 0. The van der Waals surface area contributed by atoms with Gasteiger partial charge in [0.1, 0.15) is 0 Å². The van der Waals surface area contributed by atoms with Crippen molar-refractivity contribution in [2.24, 2.45) is 11.1 Å². The number of morpholine rings is 1. The summed E-state index contributed by atoms with van der Waals surface area (Å²) < 4.78 is 30.3. The third kappa shape index (κ3) is 6.17. The van der Waals surface area contributed by atoms with Gasteiger partial charge < -0.3 is 4.74 Å². The van der Waals surface area contributed by atoms with Crippen LogP contribution in [0.1, 0.15) is 11.3 Å². The zero-order chi connectivity index (χ0) is 18.4. The predicted octanol–water partition coefficient (Wildman–Crippen LogP) is 0.258. The van der Waals surface area contributed by atoms with Crippen LogP contribution in [0, 0.1) is 5.92 Å². The topological polar surface area (TPSA) is 103 Å². The summed E-state index contributed by atoms with van der Waals surface area (Å²) in [5.74, 6) is -0.245. The molecule has 0 aliphatic carbocycles. The second kappa shape index (κ2) is 8.72. The highest BCUT2D eigenvalue weighted by molar-refractivity contribution is 7.89. The zero-order valence-corrected chi connectivity index (χ0v) is 15.5. The number of primary sulfonamides is 1. The quantitative estimate of drug-likeness (QED) is 0.706. The lowest BCUT2D eigenvalue weighted by molar-refractivity contribution is 0.0336. The van der Waals surface area contributed by atoms with Crippen molar-refractivity contribution < 1.29 is 13.2 Å². The Hall–Kier alpha value is -1.81. The normalized spacial score (nSPS) is 17.3. The number of aromatic nitrogens is 3. The molecule has 0 spiro atoms. The molecule has 9 heteroatoms. The summed E-state index contributed by atoms with van der Waals surface area (Å²) in [5, 5.41) is 13.7. The lowest BCUT2D eigenvalue weighted by atomic mass is 10.0. The molecule has 142 valence electrons. The summed E-state index contributed by atoms with van der Waals surface area (Å²) in [7, 11) is -3.56. The molecule has 1 fully saturated rings. The van der Waals surface area contributed by atoms with E-state index in [1.165, 1.54) is 0 Å². The van der Waals surface area contributed by atoms with Gasteiger partial charge in [-0.1, -0.05) is 35.5 Å². The molecule has 1 atom stereocenters. The first-order valence-corrected chi connectivity index (χ1v) is 10.4. The fourth-order valence-corrected chi connectivity index (χ4v) is 4.09. The van der Waals surface area contributed by atoms with Gasteiger partial charge >= 0.3 is 0 Å². The summed E-state index contributed by atoms with van der Waals surface area (Å²) in [4.78, 5) is 2.27. The Kier molecular flexibility index (Phi) is 6.36. The molecule has 0 amide bonds. The highest BCUT2D eigenvalue weighted by Crippen LogP contribution is 2.13. The van der Waals surface area contributed by atoms with Crippen LogP contribution in [0.5, 0.6) is 0 Å². The number of rotatable bonds is 8. The van der Waals surface area contributed by atoms with Crippen LogP contribution in [0.4, 0.5) is 0 Å². The maximum atomic E-state index is 11.6. The second-order valence-electron chi connectivity index (χ2n) is 6.71. The molecule has 1 aromatic carbocycles. The van der Waals surface area contributed by atoms with Crippen LogP contribution in [-0.2, 0) is 34.3 Å². The average molecular weight is 379 g/mol. The van der Waals surface area contributed by atoms with Gasteiger partial charge in [0, 0.05) is 32.4 Å². The molecule has 3 rings (SSSR count). The van der Waals surface area contributed by atoms with E-state index < -0.39 is 10.0 Å². The molecule has 1 aliphatic heterocycles. The van der Waals surface area contributed by atoms with Crippen LogP contribution in [0.2, 0.25) is 0 Å². The lowest BCUT2D eigenvalue weighted by Crippen LogP contribution is -2.35. The first-order chi connectivity index (χ1) is 12.5. The zero-order valence-electron chi connectivity index (χ0n) is 14.7. The van der Waals surface area contributed by atoms with E-state index in [9.17, 15) is 8.42 Å². The second-order valence-corrected chi connectivity index (χ2v) is 8.36. The van der Waals surface area contributed by atoms with Crippen molar-refractivity contribution in [2.45, 2.75) is 19.5 Å². The van der Waals surface area contributed by atoms with Gasteiger partial charge in [-0.25, -0.2) is 13.6 Å². The van der Waals surface area contributed by atoms with Crippen LogP contribution in [0.3, 0.4) is 0 Å². The van der Waals surface area contributed by atoms with E-state index in [1.807, 2.05) is 36.5 Å². The van der Waals surface area contributed by atoms with Gasteiger partial charge in [0.05, 0.1) is 24.7 Å². The van der Waals surface area contributed by atoms with Crippen molar-refractivity contribution in [1.82, 2.24) is 19.9 Å². The van der Waals surface area contributed by atoms with Gasteiger partial charge in [-0.3, -0.25) is 9.58 Å². The van der Waals surface area contributed by atoms with E-state index in [4.69, 9.17) is 9.88 Å². The van der Waals surface area contributed by atoms with E-state index in [0.29, 0.717) is 13.0 Å². The maximum Gasteiger partial charge on any atom is 0.209 e. The number of sulfonamides is 1. The van der Waals surface area contributed by atoms with Crippen molar-refractivity contribution in [3.63, 3.8) is 0 Å². The van der Waals surface area contributed by atoms with Crippen molar-refractivity contribution in [3.8, 4) is 0 Å². The molecule has 2 aromatic rings. The summed E-state index contributed by atoms with van der Waals surface area (Å²) in [6.45, 7) is 4.43. The maximum absolute atomic E-state index is 11.6. The van der Waals surface area contributed by atoms with Crippen molar-refractivity contribution in [1.29, 1.82) is 0 Å². The Bertz CT molecular complexity index is 788. The monoisotopic (exact) mass is 379 g/mol. The van der Waals surface area contributed by atoms with E-state index in [0.717, 1.165) is 44.1 Å². The molecule has 0 unspecified atom stereocenters. The summed E-state index contributed by atoms with van der Waals surface area (Å²) in [5.41, 5.74) is 1.95. The average Bonchev–Trinajstić information content (AvgIpc) is 3.02. The van der Waals surface area contributed by atoms with Crippen molar-refractivity contribution >= 4 is 10.0 Å². The molecule has 0 bridgehead atoms. The van der Waals surface area contributed by atoms with Crippen LogP contribution in [0.25, 0.3) is 0 Å². The molecule has 1 saturated heterocycles. The molecule has 0 saturated carbocycles. The van der Waals surface area contributed by atoms with Crippen LogP contribution >= 0.6 is 0 Å². The van der Waals surface area contributed by atoms with Gasteiger partial charge in [-0.2, -0.15) is 0 Å². The summed E-state index contributed by atoms with van der Waals surface area (Å²) in [6, 6.07) is 9.80. The Morgan fingerprint density at radius 3 is 2.62 bits per heavy atom. The third-order valence-electron chi connectivity index (χ3n) is 4.36. The number of nitrogens with zero attached hydrogens (tertiary/aromatic N) is 4. The minimum Gasteiger partial charge on any atom is -0.379 e. The Morgan fingerprint density at radius 1 is 1.19 bits per heavy atom. The van der Waals surface area contributed by atoms with Crippen LogP contribution in [-0.4, -0.2) is 60.4 Å². The number of ether oxygens (including phenoxy) is 1. The lowest BCUT2D eigenvalue weighted by Gasteiger charge is -2.25. The predicted molar refractivity (Wildman–Crippen MR) is 97.7 cm³/mol. The number of nitrogens with two attached hydrogens (primary N) is 1. The smallest absolute Gasteiger partial charge is 0.209 e.